The third-order valence-corrected chi connectivity index (χ3v) is 12.4. The summed E-state index contributed by atoms with van der Waals surface area (Å²) in [6.45, 7) is 6.43. The fourth-order valence-electron chi connectivity index (χ4n) is 9.50. The quantitative estimate of drug-likeness (QED) is 0.132. The lowest BCUT2D eigenvalue weighted by Crippen LogP contribution is -2.10. The van der Waals surface area contributed by atoms with E-state index >= 15 is 0 Å². The van der Waals surface area contributed by atoms with Crippen molar-refractivity contribution in [2.45, 2.75) is 6.92 Å². The molecule has 0 saturated heterocycles. The van der Waals surface area contributed by atoms with Gasteiger partial charge in [0.05, 0.1) is 11.0 Å². The zero-order valence-electron chi connectivity index (χ0n) is 35.1. The van der Waals surface area contributed by atoms with Crippen LogP contribution in [-0.4, -0.2) is 4.57 Å². The summed E-state index contributed by atoms with van der Waals surface area (Å²) in [4.78, 5) is 2.40. The van der Waals surface area contributed by atoms with Crippen LogP contribution >= 0.6 is 0 Å². The van der Waals surface area contributed by atoms with Crippen LogP contribution in [0.2, 0.25) is 0 Å². The van der Waals surface area contributed by atoms with Crippen LogP contribution in [0.1, 0.15) is 18.1 Å². The highest BCUT2D eigenvalue weighted by Crippen LogP contribution is 2.45. The predicted octanol–water partition coefficient (Wildman–Crippen LogP) is 17.2. The Kier molecular flexibility index (Phi) is 9.60. The molecule has 0 aliphatic carbocycles. The van der Waals surface area contributed by atoms with Gasteiger partial charge in [-0.1, -0.05) is 176 Å². The van der Waals surface area contributed by atoms with Gasteiger partial charge in [0.25, 0.3) is 0 Å². The minimum absolute atomic E-state index is 1.07. The Bertz CT molecular complexity index is 3520. The zero-order chi connectivity index (χ0) is 42.3. The molecule has 1 aromatic heterocycles. The monoisotopic (exact) mass is 804 g/mol. The number of fused-ring (bicyclic) bond motifs is 6. The van der Waals surface area contributed by atoms with Gasteiger partial charge in [-0.25, -0.2) is 0 Å². The molecule has 2 heteroatoms. The topological polar surface area (TPSA) is 8.17 Å². The maximum absolute atomic E-state index is 4.34. The Balaban J connectivity index is 1.11. The fourth-order valence-corrected chi connectivity index (χ4v) is 9.50. The highest BCUT2D eigenvalue weighted by Gasteiger charge is 2.22. The number of hydrogen-bond donors (Lipinski definition) is 0. The number of nitrogens with zero attached hydrogens (tertiary/aromatic N) is 2. The summed E-state index contributed by atoms with van der Waals surface area (Å²) in [5.41, 5.74) is 16.0. The molecule has 0 bridgehead atoms. The highest BCUT2D eigenvalue weighted by atomic mass is 15.1. The normalized spacial score (nSPS) is 11.6. The number of allylic oxidation sites excluding steroid dienone is 1. The first-order valence-electron chi connectivity index (χ1n) is 21.7. The molecule has 1 heterocycles. The molecule has 0 saturated carbocycles. The first-order valence-corrected chi connectivity index (χ1v) is 21.7. The highest BCUT2D eigenvalue weighted by molar-refractivity contribution is 6.19. The smallest absolute Gasteiger partial charge is 0.0625 e. The van der Waals surface area contributed by atoms with Crippen molar-refractivity contribution in [3.63, 3.8) is 0 Å². The molecular formula is C61H44N2. The Morgan fingerprint density at radius 3 is 1.83 bits per heavy atom. The van der Waals surface area contributed by atoms with Gasteiger partial charge in [-0.2, -0.15) is 0 Å². The van der Waals surface area contributed by atoms with Crippen molar-refractivity contribution < 1.29 is 0 Å². The minimum Gasteiger partial charge on any atom is -0.310 e. The van der Waals surface area contributed by atoms with Crippen LogP contribution in [0, 0.1) is 0 Å². The second-order valence-corrected chi connectivity index (χ2v) is 16.1. The van der Waals surface area contributed by atoms with Crippen LogP contribution < -0.4 is 4.90 Å². The predicted molar refractivity (Wildman–Crippen MR) is 272 cm³/mol. The Morgan fingerprint density at radius 2 is 1.05 bits per heavy atom. The molecule has 10 aromatic carbocycles. The molecule has 11 aromatic rings. The van der Waals surface area contributed by atoms with E-state index in [2.05, 4.69) is 254 Å². The van der Waals surface area contributed by atoms with E-state index in [4.69, 9.17) is 0 Å². The standard InChI is InChI=1S/C61H44N2/c1-3-17-56-42(4-2)41-58(60-57-28-13-14-29-59(57)63(61(56)60)50-24-9-6-10-25-50)48-23-16-26-52(39-48)62(53-36-37-55-49(40-53)31-30-45-20-11-12-27-54(45)55)51-34-32-44(33-35-51)47-22-15-21-46(38-47)43-18-7-5-8-19-43/h3-41H,2H2,1H3/b17-3-. The summed E-state index contributed by atoms with van der Waals surface area (Å²) in [5.74, 6) is 0. The first kappa shape index (κ1) is 37.8. The van der Waals surface area contributed by atoms with Crippen molar-refractivity contribution in [3.8, 4) is 39.1 Å². The molecule has 0 unspecified atom stereocenters. The van der Waals surface area contributed by atoms with E-state index in [1.54, 1.807) is 0 Å². The molecule has 11 rings (SSSR count). The van der Waals surface area contributed by atoms with Crippen molar-refractivity contribution in [2.75, 3.05) is 4.90 Å². The second-order valence-electron chi connectivity index (χ2n) is 16.1. The van der Waals surface area contributed by atoms with Crippen molar-refractivity contribution in [1.82, 2.24) is 4.57 Å². The van der Waals surface area contributed by atoms with E-state index in [9.17, 15) is 0 Å². The molecule has 298 valence electrons. The molecule has 2 nitrogen and oxygen atoms in total. The summed E-state index contributed by atoms with van der Waals surface area (Å²) < 4.78 is 2.42. The van der Waals surface area contributed by atoms with Gasteiger partial charge in [0.15, 0.2) is 0 Å². The number of benzene rings is 10. The first-order chi connectivity index (χ1) is 31.2. The SMILES string of the molecule is C=Cc1cc(-c2cccc(N(c3ccc(-c4cccc(-c5ccccc5)c4)cc3)c3ccc4c(ccc5ccccc54)c3)c2)c2c3ccccc3n(-c3ccccc3)c2c1/C=C\C. The summed E-state index contributed by atoms with van der Waals surface area (Å²) in [6.07, 6.45) is 6.35. The van der Waals surface area contributed by atoms with Gasteiger partial charge >= 0.3 is 0 Å². The van der Waals surface area contributed by atoms with Gasteiger partial charge in [-0.3, -0.25) is 0 Å². The molecular weight excluding hydrogens is 761 g/mol. The molecule has 0 aliphatic rings. The molecule has 0 spiro atoms. The minimum atomic E-state index is 1.07. The van der Waals surface area contributed by atoms with Crippen molar-refractivity contribution in [2.24, 2.45) is 0 Å². The van der Waals surface area contributed by atoms with E-state index in [0.29, 0.717) is 0 Å². The lowest BCUT2D eigenvalue weighted by molar-refractivity contribution is 1.18. The molecule has 0 amide bonds. The lowest BCUT2D eigenvalue weighted by atomic mass is 9.92. The van der Waals surface area contributed by atoms with Gasteiger partial charge < -0.3 is 9.47 Å². The van der Waals surface area contributed by atoms with E-state index in [1.165, 1.54) is 71.2 Å². The maximum atomic E-state index is 4.34. The van der Waals surface area contributed by atoms with E-state index in [-0.39, 0.29) is 0 Å². The largest absolute Gasteiger partial charge is 0.310 e. The van der Waals surface area contributed by atoms with E-state index in [1.807, 2.05) is 6.08 Å². The van der Waals surface area contributed by atoms with Crippen LogP contribution in [0.5, 0.6) is 0 Å². The third kappa shape index (κ3) is 6.70. The summed E-state index contributed by atoms with van der Waals surface area (Å²) in [6, 6.07) is 79.3. The van der Waals surface area contributed by atoms with Gasteiger partial charge in [0.2, 0.25) is 0 Å². The fraction of sp³-hybridized carbons (Fsp3) is 0.0164. The maximum Gasteiger partial charge on any atom is 0.0625 e. The second kappa shape index (κ2) is 16.0. The Hall–Kier alpha value is -8.20. The van der Waals surface area contributed by atoms with E-state index in [0.717, 1.165) is 39.4 Å². The number of para-hydroxylation sites is 2. The summed E-state index contributed by atoms with van der Waals surface area (Å²) in [7, 11) is 0. The van der Waals surface area contributed by atoms with Gasteiger partial charge in [-0.05, 0) is 134 Å². The number of anilines is 3. The third-order valence-electron chi connectivity index (χ3n) is 12.4. The Labute approximate surface area is 368 Å². The Morgan fingerprint density at radius 1 is 0.444 bits per heavy atom. The van der Waals surface area contributed by atoms with Gasteiger partial charge in [-0.15, -0.1) is 0 Å². The summed E-state index contributed by atoms with van der Waals surface area (Å²) >= 11 is 0. The summed E-state index contributed by atoms with van der Waals surface area (Å²) in [5, 5.41) is 7.38. The molecule has 0 atom stereocenters. The van der Waals surface area contributed by atoms with Crippen molar-refractivity contribution in [1.29, 1.82) is 0 Å². The molecule has 0 fully saturated rings. The average molecular weight is 805 g/mol. The van der Waals surface area contributed by atoms with Crippen LogP contribution in [0.4, 0.5) is 17.1 Å². The van der Waals surface area contributed by atoms with Crippen molar-refractivity contribution >= 4 is 72.6 Å². The molecule has 63 heavy (non-hydrogen) atoms. The van der Waals surface area contributed by atoms with Crippen LogP contribution in [0.3, 0.4) is 0 Å². The van der Waals surface area contributed by atoms with E-state index < -0.39 is 0 Å². The van der Waals surface area contributed by atoms with Gasteiger partial charge in [0.1, 0.15) is 0 Å². The zero-order valence-corrected chi connectivity index (χ0v) is 35.1. The van der Waals surface area contributed by atoms with Gasteiger partial charge in [0, 0.05) is 39.1 Å². The number of aromatic nitrogens is 1. The lowest BCUT2D eigenvalue weighted by Gasteiger charge is -2.27. The number of rotatable bonds is 9. The average Bonchev–Trinajstić information content (AvgIpc) is 3.70. The van der Waals surface area contributed by atoms with Crippen LogP contribution in [0.25, 0.3) is 94.6 Å². The number of hydrogen-bond acceptors (Lipinski definition) is 1. The molecule has 0 N–H and O–H groups in total. The molecule has 0 radical (unpaired) electrons. The van der Waals surface area contributed by atoms with Crippen LogP contribution in [-0.2, 0) is 0 Å². The van der Waals surface area contributed by atoms with Crippen molar-refractivity contribution in [3.05, 3.63) is 242 Å². The van der Waals surface area contributed by atoms with Crippen LogP contribution in [0.15, 0.2) is 231 Å². The molecule has 0 aliphatic heterocycles.